The Morgan fingerprint density at radius 3 is 1.08 bits per heavy atom. The van der Waals surface area contributed by atoms with Gasteiger partial charge in [-0.25, -0.2) is 0 Å². The molecule has 0 saturated carbocycles. The maximum atomic E-state index is 5.34. The third kappa shape index (κ3) is 5.56. The fraction of sp³-hybridized carbons (Fsp3) is 0. The van der Waals surface area contributed by atoms with E-state index in [0.717, 1.165) is 68.5 Å². The van der Waals surface area contributed by atoms with Crippen molar-refractivity contribution in [3.05, 3.63) is 182 Å². The average Bonchev–Trinajstić information content (AvgIpc) is 3.80. The minimum absolute atomic E-state index is 0. The molecule has 0 unspecified atom stereocenters. The van der Waals surface area contributed by atoms with Gasteiger partial charge in [-0.15, -0.1) is 59.7 Å². The first-order valence-corrected chi connectivity index (χ1v) is 15.9. The molecule has 8 aromatic rings. The van der Waals surface area contributed by atoms with Crippen LogP contribution in [0, 0.1) is 12.1 Å². The largest absolute Gasteiger partial charge is 2.00 e. The van der Waals surface area contributed by atoms with Gasteiger partial charge in [-0.2, -0.15) is 0 Å². The Labute approximate surface area is 299 Å². The molecule has 0 fully saturated rings. The standard InChI is InChI=1S/C42H28N6.Pt/c1-5-17-33(18-6-1)45-29-39-31-15-13-26-38(27-31)48(36-23-11-4-12-24-36)42-44-40(30-46(42)34-19-7-2-8-20-34)32-16-14-25-37(28-32)47(41(45)43-39)35-21-9-3-10-22-35;/h1-26,29-30H;/q-2;+2. The van der Waals surface area contributed by atoms with Crippen LogP contribution in [0.3, 0.4) is 0 Å². The van der Waals surface area contributed by atoms with Gasteiger partial charge in [-0.05, 0) is 72.3 Å². The van der Waals surface area contributed by atoms with Crippen molar-refractivity contribution in [3.8, 4) is 33.9 Å². The van der Waals surface area contributed by atoms with Gasteiger partial charge >= 0.3 is 21.1 Å². The molecule has 7 heteroatoms. The predicted octanol–water partition coefficient (Wildman–Crippen LogP) is 10.2. The average molecular weight is 812 g/mol. The van der Waals surface area contributed by atoms with Crippen LogP contribution in [0.2, 0.25) is 0 Å². The molecule has 236 valence electrons. The quantitative estimate of drug-likeness (QED) is 0.166. The van der Waals surface area contributed by atoms with E-state index >= 15 is 0 Å². The van der Waals surface area contributed by atoms with E-state index in [2.05, 4.69) is 128 Å². The first-order valence-electron chi connectivity index (χ1n) is 15.9. The van der Waals surface area contributed by atoms with Crippen LogP contribution >= 0.6 is 0 Å². The summed E-state index contributed by atoms with van der Waals surface area (Å²) in [5.74, 6) is 1.48. The van der Waals surface area contributed by atoms with Crippen molar-refractivity contribution in [2.45, 2.75) is 0 Å². The van der Waals surface area contributed by atoms with E-state index in [-0.39, 0.29) is 21.1 Å². The molecule has 0 saturated heterocycles. The van der Waals surface area contributed by atoms with Gasteiger partial charge < -0.3 is 0 Å². The van der Waals surface area contributed by atoms with Gasteiger partial charge in [0.2, 0.25) is 11.9 Å². The van der Waals surface area contributed by atoms with Crippen molar-refractivity contribution < 1.29 is 21.1 Å². The summed E-state index contributed by atoms with van der Waals surface area (Å²) < 4.78 is 4.28. The Morgan fingerprint density at radius 2 is 0.714 bits per heavy atom. The third-order valence-corrected chi connectivity index (χ3v) is 8.47. The zero-order chi connectivity index (χ0) is 31.9. The molecule has 0 aliphatic carbocycles. The maximum absolute atomic E-state index is 5.34. The number of aromatic nitrogens is 4. The van der Waals surface area contributed by atoms with Crippen molar-refractivity contribution in [2.24, 2.45) is 0 Å². The summed E-state index contributed by atoms with van der Waals surface area (Å²) in [7, 11) is 0. The number of benzene rings is 6. The summed E-state index contributed by atoms with van der Waals surface area (Å²) in [6, 6.07) is 61.1. The van der Waals surface area contributed by atoms with E-state index in [0.29, 0.717) is 0 Å². The molecule has 6 nitrogen and oxygen atoms in total. The van der Waals surface area contributed by atoms with E-state index in [1.807, 2.05) is 72.8 Å². The van der Waals surface area contributed by atoms with Gasteiger partial charge in [0.1, 0.15) is 0 Å². The molecule has 2 aromatic heterocycles. The summed E-state index contributed by atoms with van der Waals surface area (Å²) in [5, 5.41) is 0. The molecule has 0 amide bonds. The number of imidazole rings is 2. The van der Waals surface area contributed by atoms with Gasteiger partial charge in [0, 0.05) is 34.1 Å². The van der Waals surface area contributed by atoms with Crippen LogP contribution in [0.1, 0.15) is 0 Å². The third-order valence-electron chi connectivity index (χ3n) is 8.47. The van der Waals surface area contributed by atoms with Crippen LogP contribution in [0.4, 0.5) is 34.6 Å². The van der Waals surface area contributed by atoms with Crippen molar-refractivity contribution in [1.82, 2.24) is 19.1 Å². The number of para-hydroxylation sites is 4. The SMILES string of the molecule is [Pt+2].[c-]1c2cccc1N(c1ccccc1)c1nc(cn1-c1ccccc1)-c1[c-]c(ccc1)N(c1ccccc1)c1nc-2cn1-c1ccccc1. The molecule has 1 aliphatic rings. The van der Waals surface area contributed by atoms with E-state index in [4.69, 9.17) is 9.97 Å². The second-order valence-corrected chi connectivity index (χ2v) is 11.5. The molecule has 0 N–H and O–H groups in total. The molecule has 3 heterocycles. The zero-order valence-electron chi connectivity index (χ0n) is 26.2. The monoisotopic (exact) mass is 811 g/mol. The smallest absolute Gasteiger partial charge is 0.299 e. The summed E-state index contributed by atoms with van der Waals surface area (Å²) in [6.07, 6.45) is 4.18. The topological polar surface area (TPSA) is 42.1 Å². The van der Waals surface area contributed by atoms with Crippen LogP contribution in [0.15, 0.2) is 170 Å². The molecule has 9 rings (SSSR count). The van der Waals surface area contributed by atoms with Gasteiger partial charge in [-0.3, -0.25) is 28.9 Å². The summed E-state index contributed by atoms with van der Waals surface area (Å²) in [4.78, 5) is 15.0. The zero-order valence-corrected chi connectivity index (χ0v) is 28.4. The second kappa shape index (κ2) is 12.9. The van der Waals surface area contributed by atoms with Crippen LogP contribution in [0.25, 0.3) is 33.9 Å². The van der Waals surface area contributed by atoms with Crippen LogP contribution in [-0.4, -0.2) is 19.1 Å². The van der Waals surface area contributed by atoms with E-state index in [1.165, 1.54) is 0 Å². The normalized spacial score (nSPS) is 11.8. The molecule has 0 radical (unpaired) electrons. The molecule has 8 bridgehead atoms. The van der Waals surface area contributed by atoms with Crippen molar-refractivity contribution in [1.29, 1.82) is 0 Å². The first kappa shape index (κ1) is 30.4. The Kier molecular flexibility index (Phi) is 8.00. The predicted molar refractivity (Wildman–Crippen MR) is 192 cm³/mol. The number of fused-ring (bicyclic) bond motifs is 10. The fourth-order valence-corrected chi connectivity index (χ4v) is 6.23. The van der Waals surface area contributed by atoms with Crippen molar-refractivity contribution >= 4 is 34.6 Å². The molecule has 0 spiro atoms. The van der Waals surface area contributed by atoms with Crippen LogP contribution in [0.5, 0.6) is 0 Å². The van der Waals surface area contributed by atoms with Crippen molar-refractivity contribution in [2.75, 3.05) is 9.80 Å². The number of hydrogen-bond acceptors (Lipinski definition) is 4. The first-order chi connectivity index (χ1) is 23.8. The molecular weight excluding hydrogens is 784 g/mol. The van der Waals surface area contributed by atoms with Crippen molar-refractivity contribution in [3.63, 3.8) is 0 Å². The fourth-order valence-electron chi connectivity index (χ4n) is 6.23. The Bertz CT molecular complexity index is 2180. The summed E-state index contributed by atoms with van der Waals surface area (Å²) >= 11 is 0. The van der Waals surface area contributed by atoms with E-state index in [9.17, 15) is 0 Å². The maximum Gasteiger partial charge on any atom is 2.00 e. The molecule has 6 aromatic carbocycles. The Balaban J connectivity index is 0.00000348. The van der Waals surface area contributed by atoms with Gasteiger partial charge in [0.05, 0.1) is 0 Å². The molecule has 0 atom stereocenters. The Morgan fingerprint density at radius 1 is 0.367 bits per heavy atom. The number of anilines is 6. The summed E-state index contributed by atoms with van der Waals surface area (Å²) in [6.45, 7) is 0. The summed E-state index contributed by atoms with van der Waals surface area (Å²) in [5.41, 5.74) is 8.95. The number of hydrogen-bond donors (Lipinski definition) is 0. The Hall–Kier alpha value is -5.97. The van der Waals surface area contributed by atoms with Crippen LogP contribution in [-0.2, 0) is 21.1 Å². The number of nitrogens with zero attached hydrogens (tertiary/aromatic N) is 6. The number of rotatable bonds is 4. The molecule has 49 heavy (non-hydrogen) atoms. The molecular formula is C42H28N6Pt. The van der Waals surface area contributed by atoms with Crippen LogP contribution < -0.4 is 9.80 Å². The van der Waals surface area contributed by atoms with Gasteiger partial charge in [0.25, 0.3) is 0 Å². The van der Waals surface area contributed by atoms with E-state index in [1.54, 1.807) is 0 Å². The minimum atomic E-state index is 0. The molecule has 1 aliphatic heterocycles. The van der Waals surface area contributed by atoms with Gasteiger partial charge in [0.15, 0.2) is 0 Å². The minimum Gasteiger partial charge on any atom is -0.299 e. The van der Waals surface area contributed by atoms with Gasteiger partial charge in [-0.1, -0.05) is 72.8 Å². The second-order valence-electron chi connectivity index (χ2n) is 11.5. The van der Waals surface area contributed by atoms with E-state index < -0.39 is 0 Å².